The van der Waals surface area contributed by atoms with Crippen LogP contribution < -0.4 is 0 Å². The number of unbranched alkanes of at least 4 members (excludes halogenated alkanes) is 2. The fraction of sp³-hybridized carbons (Fsp3) is 0.667. The summed E-state index contributed by atoms with van der Waals surface area (Å²) in [6.07, 6.45) is 6.27. The molecule has 25 heavy (non-hydrogen) atoms. The first-order chi connectivity index (χ1) is 12.0. The standard InChI is InChI=1S/C18H30O7/c1-4-24-17(22)12-8-6-5-7-11-16(23-3)18(25-14(2)20)15(21)10-9-13-19/h7,9-11,15-16,18-19,21H,4-6,8,12-13H2,1-3H3/b10-9+,11-7+/t15-,16-,18-/m0/s1. The van der Waals surface area contributed by atoms with Crippen LogP contribution in [0.5, 0.6) is 0 Å². The average molecular weight is 358 g/mol. The maximum absolute atomic E-state index is 11.3. The van der Waals surface area contributed by atoms with Gasteiger partial charge in [0.05, 0.1) is 13.2 Å². The van der Waals surface area contributed by atoms with E-state index in [9.17, 15) is 14.7 Å². The summed E-state index contributed by atoms with van der Waals surface area (Å²) in [4.78, 5) is 22.5. The van der Waals surface area contributed by atoms with E-state index in [-0.39, 0.29) is 12.6 Å². The summed E-state index contributed by atoms with van der Waals surface area (Å²) in [6, 6.07) is 0. The SMILES string of the molecule is CCOC(=O)CCCC/C=C/[C@H](OC)[C@@H](OC(C)=O)[C@@H](O)/C=C/CO. The van der Waals surface area contributed by atoms with Crippen LogP contribution in [0.1, 0.15) is 39.5 Å². The van der Waals surface area contributed by atoms with Crippen molar-refractivity contribution in [1.29, 1.82) is 0 Å². The van der Waals surface area contributed by atoms with E-state index < -0.39 is 24.3 Å². The van der Waals surface area contributed by atoms with Crippen molar-refractivity contribution in [3.05, 3.63) is 24.3 Å². The van der Waals surface area contributed by atoms with Crippen LogP contribution in [0.25, 0.3) is 0 Å². The molecule has 0 unspecified atom stereocenters. The number of hydrogen-bond acceptors (Lipinski definition) is 7. The van der Waals surface area contributed by atoms with Crippen molar-refractivity contribution in [2.75, 3.05) is 20.3 Å². The van der Waals surface area contributed by atoms with Gasteiger partial charge < -0.3 is 24.4 Å². The van der Waals surface area contributed by atoms with Gasteiger partial charge >= 0.3 is 11.9 Å². The molecule has 0 saturated carbocycles. The highest BCUT2D eigenvalue weighted by Gasteiger charge is 2.28. The number of ether oxygens (including phenoxy) is 3. The van der Waals surface area contributed by atoms with Crippen LogP contribution in [0, 0.1) is 0 Å². The summed E-state index contributed by atoms with van der Waals surface area (Å²) in [6.45, 7) is 3.19. The minimum atomic E-state index is -1.10. The molecule has 0 aliphatic rings. The predicted molar refractivity (Wildman–Crippen MR) is 92.8 cm³/mol. The summed E-state index contributed by atoms with van der Waals surface area (Å²) < 4.78 is 15.3. The molecule has 0 aromatic rings. The van der Waals surface area contributed by atoms with E-state index >= 15 is 0 Å². The van der Waals surface area contributed by atoms with E-state index in [1.807, 2.05) is 6.08 Å². The normalized spacial score (nSPS) is 15.2. The molecule has 144 valence electrons. The highest BCUT2D eigenvalue weighted by molar-refractivity contribution is 5.69. The van der Waals surface area contributed by atoms with Gasteiger partial charge in [0.15, 0.2) is 6.10 Å². The highest BCUT2D eigenvalue weighted by atomic mass is 16.6. The molecule has 7 nitrogen and oxygen atoms in total. The smallest absolute Gasteiger partial charge is 0.305 e. The van der Waals surface area contributed by atoms with Gasteiger partial charge in [-0.15, -0.1) is 0 Å². The van der Waals surface area contributed by atoms with Gasteiger partial charge in [-0.05, 0) is 26.2 Å². The number of rotatable bonds is 13. The van der Waals surface area contributed by atoms with Crippen LogP contribution in [-0.2, 0) is 23.8 Å². The Bertz CT molecular complexity index is 431. The van der Waals surface area contributed by atoms with Crippen LogP contribution in [-0.4, -0.2) is 60.8 Å². The van der Waals surface area contributed by atoms with Gasteiger partial charge in [-0.25, -0.2) is 0 Å². The molecule has 0 bridgehead atoms. The molecule has 0 aliphatic heterocycles. The summed E-state index contributed by atoms with van der Waals surface area (Å²) in [5, 5.41) is 18.9. The van der Waals surface area contributed by atoms with E-state index in [4.69, 9.17) is 19.3 Å². The van der Waals surface area contributed by atoms with Crippen LogP contribution in [0.4, 0.5) is 0 Å². The summed E-state index contributed by atoms with van der Waals surface area (Å²) in [5.74, 6) is -0.735. The Balaban J connectivity index is 4.53. The lowest BCUT2D eigenvalue weighted by molar-refractivity contribution is -0.158. The number of aliphatic hydroxyl groups excluding tert-OH is 2. The van der Waals surface area contributed by atoms with E-state index in [1.54, 1.807) is 13.0 Å². The molecule has 0 aromatic carbocycles. The maximum atomic E-state index is 11.3. The van der Waals surface area contributed by atoms with Gasteiger partial charge in [-0.3, -0.25) is 9.59 Å². The minimum absolute atomic E-state index is 0.199. The molecule has 0 spiro atoms. The largest absolute Gasteiger partial charge is 0.466 e. The fourth-order valence-electron chi connectivity index (χ4n) is 2.15. The van der Waals surface area contributed by atoms with Crippen LogP contribution in [0.2, 0.25) is 0 Å². The monoisotopic (exact) mass is 358 g/mol. The first-order valence-electron chi connectivity index (χ1n) is 8.44. The van der Waals surface area contributed by atoms with Crippen molar-refractivity contribution in [2.45, 2.75) is 57.8 Å². The molecule has 0 aromatic heterocycles. The van der Waals surface area contributed by atoms with Gasteiger partial charge in [0.1, 0.15) is 12.2 Å². The van der Waals surface area contributed by atoms with Gasteiger partial charge in [0.2, 0.25) is 0 Å². The Kier molecular flexibility index (Phi) is 13.6. The van der Waals surface area contributed by atoms with Crippen LogP contribution in [0.15, 0.2) is 24.3 Å². The number of allylic oxidation sites excluding steroid dienone is 1. The maximum Gasteiger partial charge on any atom is 0.305 e. The lowest BCUT2D eigenvalue weighted by Crippen LogP contribution is -2.40. The molecule has 0 saturated heterocycles. The third-order valence-corrected chi connectivity index (χ3v) is 3.31. The van der Waals surface area contributed by atoms with Crippen molar-refractivity contribution in [3.8, 4) is 0 Å². The van der Waals surface area contributed by atoms with E-state index in [0.717, 1.165) is 12.8 Å². The Morgan fingerprint density at radius 1 is 1.16 bits per heavy atom. The Hall–Kier alpha value is -1.70. The Labute approximate surface area is 149 Å². The van der Waals surface area contributed by atoms with E-state index in [0.29, 0.717) is 19.4 Å². The minimum Gasteiger partial charge on any atom is -0.466 e. The molecule has 3 atom stereocenters. The number of methoxy groups -OCH3 is 1. The molecule has 0 amide bonds. The van der Waals surface area contributed by atoms with Gasteiger partial charge in [-0.1, -0.05) is 24.3 Å². The van der Waals surface area contributed by atoms with E-state index in [1.165, 1.54) is 26.2 Å². The van der Waals surface area contributed by atoms with E-state index in [2.05, 4.69) is 0 Å². The lowest BCUT2D eigenvalue weighted by atomic mass is 10.1. The second-order valence-corrected chi connectivity index (χ2v) is 5.35. The summed E-state index contributed by atoms with van der Waals surface area (Å²) >= 11 is 0. The summed E-state index contributed by atoms with van der Waals surface area (Å²) in [5.41, 5.74) is 0. The Morgan fingerprint density at radius 3 is 2.44 bits per heavy atom. The second-order valence-electron chi connectivity index (χ2n) is 5.35. The quantitative estimate of drug-likeness (QED) is 0.292. The first-order valence-corrected chi connectivity index (χ1v) is 8.44. The van der Waals surface area contributed by atoms with Gasteiger partial charge in [-0.2, -0.15) is 0 Å². The van der Waals surface area contributed by atoms with Crippen molar-refractivity contribution in [1.82, 2.24) is 0 Å². The molecule has 0 fully saturated rings. The zero-order chi connectivity index (χ0) is 19.1. The third-order valence-electron chi connectivity index (χ3n) is 3.31. The summed E-state index contributed by atoms with van der Waals surface area (Å²) in [7, 11) is 1.45. The van der Waals surface area contributed by atoms with Crippen LogP contribution in [0.3, 0.4) is 0 Å². The predicted octanol–water partition coefficient (Wildman–Crippen LogP) is 1.52. The molecular formula is C18H30O7. The lowest BCUT2D eigenvalue weighted by Gasteiger charge is -2.26. The number of hydrogen-bond donors (Lipinski definition) is 2. The molecule has 0 rings (SSSR count). The molecule has 2 N–H and O–H groups in total. The third kappa shape index (κ3) is 11.5. The molecular weight excluding hydrogens is 328 g/mol. The van der Waals surface area contributed by atoms with Crippen LogP contribution >= 0.6 is 0 Å². The van der Waals surface area contributed by atoms with Crippen molar-refractivity contribution in [2.24, 2.45) is 0 Å². The Morgan fingerprint density at radius 2 is 1.88 bits per heavy atom. The molecule has 7 heteroatoms. The van der Waals surface area contributed by atoms with Crippen molar-refractivity contribution >= 4 is 11.9 Å². The molecule has 0 aliphatic carbocycles. The number of aliphatic hydroxyl groups is 2. The zero-order valence-electron chi connectivity index (χ0n) is 15.2. The van der Waals surface area contributed by atoms with Gasteiger partial charge in [0.25, 0.3) is 0 Å². The highest BCUT2D eigenvalue weighted by Crippen LogP contribution is 2.13. The number of carbonyl (C=O) groups is 2. The molecule has 0 heterocycles. The average Bonchev–Trinajstić information content (AvgIpc) is 2.57. The second kappa shape index (κ2) is 14.6. The number of carbonyl (C=O) groups excluding carboxylic acids is 2. The topological polar surface area (TPSA) is 102 Å². The van der Waals surface area contributed by atoms with Crippen molar-refractivity contribution in [3.63, 3.8) is 0 Å². The first kappa shape index (κ1) is 23.3. The number of esters is 2. The fourth-order valence-corrected chi connectivity index (χ4v) is 2.15. The zero-order valence-corrected chi connectivity index (χ0v) is 15.2. The van der Waals surface area contributed by atoms with Crippen molar-refractivity contribution < 1.29 is 34.0 Å². The van der Waals surface area contributed by atoms with Gasteiger partial charge in [0, 0.05) is 20.5 Å². The molecule has 0 radical (unpaired) electrons.